The molecule has 0 N–H and O–H groups in total. The van der Waals surface area contributed by atoms with Crippen LogP contribution in [0.4, 0.5) is 26.3 Å². The molecule has 0 fully saturated rings. The average molecular weight is 403 g/mol. The number of alkyl halides is 6. The fourth-order valence-electron chi connectivity index (χ4n) is 0. The van der Waals surface area contributed by atoms with Crippen LogP contribution < -0.4 is 0 Å². The number of rotatable bonds is 0. The van der Waals surface area contributed by atoms with Crippen molar-refractivity contribution >= 4 is 20.2 Å². The SMILES string of the molecule is CC#N.O=S(=O)([O-])C(F)(F)F.O=S(=O)([O-])C(F)(F)F.[Cu+2]. The van der Waals surface area contributed by atoms with Gasteiger partial charge in [-0.15, -0.1) is 0 Å². The van der Waals surface area contributed by atoms with Crippen molar-refractivity contribution in [1.29, 1.82) is 5.26 Å². The van der Waals surface area contributed by atoms with Gasteiger partial charge in [0.05, 0.1) is 6.07 Å². The molecule has 0 spiro atoms. The molecule has 16 heteroatoms. The molecule has 0 aliphatic rings. The van der Waals surface area contributed by atoms with Gasteiger partial charge >= 0.3 is 28.1 Å². The summed E-state index contributed by atoms with van der Waals surface area (Å²) in [6.45, 7) is 1.43. The summed E-state index contributed by atoms with van der Waals surface area (Å²) < 4.78 is 118. The summed E-state index contributed by atoms with van der Waals surface area (Å²) in [5.41, 5.74) is -11.3. The van der Waals surface area contributed by atoms with Crippen LogP contribution in [0.15, 0.2) is 0 Å². The molecule has 0 aromatic carbocycles. The third-order valence-electron chi connectivity index (χ3n) is 0.567. The van der Waals surface area contributed by atoms with Gasteiger partial charge in [0, 0.05) is 6.92 Å². The van der Waals surface area contributed by atoms with E-state index in [0.717, 1.165) is 0 Å². The summed E-state index contributed by atoms with van der Waals surface area (Å²) in [5.74, 6) is 0. The molecule has 0 saturated heterocycles. The number of hydrogen-bond donors (Lipinski definition) is 0. The first kappa shape index (κ1) is 27.7. The molecule has 0 saturated carbocycles. The number of halogens is 6. The van der Waals surface area contributed by atoms with E-state index in [1.807, 2.05) is 0 Å². The van der Waals surface area contributed by atoms with Crippen molar-refractivity contribution in [2.45, 2.75) is 17.9 Å². The normalized spacial score (nSPS) is 11.6. The quantitative estimate of drug-likeness (QED) is 0.250. The van der Waals surface area contributed by atoms with Gasteiger partial charge in [-0.2, -0.15) is 31.6 Å². The molecule has 20 heavy (non-hydrogen) atoms. The molecule has 0 unspecified atom stereocenters. The van der Waals surface area contributed by atoms with Crippen LogP contribution in [0.5, 0.6) is 0 Å². The number of nitrogens with zero attached hydrogens (tertiary/aromatic N) is 1. The molecule has 0 aliphatic carbocycles. The summed E-state index contributed by atoms with van der Waals surface area (Å²) in [4.78, 5) is 0. The van der Waals surface area contributed by atoms with Crippen LogP contribution in [-0.2, 0) is 37.3 Å². The first-order valence-corrected chi connectivity index (χ1v) is 6.08. The minimum atomic E-state index is -6.09. The minimum Gasteiger partial charge on any atom is -0.741 e. The summed E-state index contributed by atoms with van der Waals surface area (Å²) in [5, 5.41) is 7.32. The van der Waals surface area contributed by atoms with Crippen molar-refractivity contribution in [3.63, 3.8) is 0 Å². The molecule has 0 amide bonds. The van der Waals surface area contributed by atoms with Gasteiger partial charge in [-0.3, -0.25) is 0 Å². The molecule has 0 bridgehead atoms. The van der Waals surface area contributed by atoms with Crippen molar-refractivity contribution in [1.82, 2.24) is 0 Å². The van der Waals surface area contributed by atoms with Crippen LogP contribution in [0.1, 0.15) is 6.92 Å². The summed E-state index contributed by atoms with van der Waals surface area (Å²) in [6.07, 6.45) is 0. The largest absolute Gasteiger partial charge is 2.00 e. The molecule has 7 nitrogen and oxygen atoms in total. The number of nitriles is 1. The summed E-state index contributed by atoms with van der Waals surface area (Å²) >= 11 is 0. The second-order valence-electron chi connectivity index (χ2n) is 2.02. The van der Waals surface area contributed by atoms with E-state index >= 15 is 0 Å². The van der Waals surface area contributed by atoms with Crippen molar-refractivity contribution in [2.75, 3.05) is 0 Å². The average Bonchev–Trinajstić information content (AvgIpc) is 1.97. The van der Waals surface area contributed by atoms with Crippen LogP contribution in [0.3, 0.4) is 0 Å². The molecule has 0 heterocycles. The molecule has 0 aromatic heterocycles. The molecule has 0 aromatic rings. The van der Waals surface area contributed by atoms with Crippen molar-refractivity contribution in [2.24, 2.45) is 0 Å². The Bertz CT molecular complexity index is 459. The van der Waals surface area contributed by atoms with E-state index in [0.29, 0.717) is 0 Å². The predicted molar refractivity (Wildman–Crippen MR) is 42.8 cm³/mol. The Morgan fingerprint density at radius 3 is 0.900 bits per heavy atom. The van der Waals surface area contributed by atoms with E-state index in [2.05, 4.69) is 0 Å². The van der Waals surface area contributed by atoms with E-state index < -0.39 is 31.3 Å². The zero-order valence-electron chi connectivity index (χ0n) is 8.78. The van der Waals surface area contributed by atoms with Gasteiger partial charge in [0.2, 0.25) is 0 Å². The van der Waals surface area contributed by atoms with E-state index in [1.54, 1.807) is 6.07 Å². The van der Waals surface area contributed by atoms with Crippen LogP contribution >= 0.6 is 0 Å². The minimum absolute atomic E-state index is 0. The Labute approximate surface area is 119 Å². The van der Waals surface area contributed by atoms with Gasteiger partial charge in [-0.1, -0.05) is 0 Å². The van der Waals surface area contributed by atoms with E-state index in [4.69, 9.17) is 31.2 Å². The molecular formula is C4H3CuF6NO6S2. The van der Waals surface area contributed by atoms with Gasteiger partial charge in [0.25, 0.3) is 0 Å². The molecule has 0 atom stereocenters. The Balaban J connectivity index is -0.000000103. The zero-order valence-corrected chi connectivity index (χ0v) is 11.4. The smallest absolute Gasteiger partial charge is 0.741 e. The standard InChI is InChI=1S/C2H3N.2CHF3O3S.Cu/c1-2-3;2*2-1(3,4)8(5,6)7;/h1H3;2*(H,5,6,7);/q;;;+2/p-2. The number of hydrogen-bond acceptors (Lipinski definition) is 7. The Morgan fingerprint density at radius 1 is 0.850 bits per heavy atom. The van der Waals surface area contributed by atoms with Crippen molar-refractivity contribution in [3.8, 4) is 6.07 Å². The zero-order chi connectivity index (χ0) is 16.7. The topological polar surface area (TPSA) is 138 Å². The Kier molecular flexibility index (Phi) is 13.0. The first-order valence-electron chi connectivity index (χ1n) is 3.27. The van der Waals surface area contributed by atoms with Crippen molar-refractivity contribution in [3.05, 3.63) is 0 Å². The van der Waals surface area contributed by atoms with E-state index in [-0.39, 0.29) is 17.1 Å². The first-order chi connectivity index (χ1) is 7.91. The monoisotopic (exact) mass is 402 g/mol. The van der Waals surface area contributed by atoms with Gasteiger partial charge in [-0.05, 0) is 0 Å². The third-order valence-corrected chi connectivity index (χ3v) is 1.70. The van der Waals surface area contributed by atoms with Crippen LogP contribution in [0.25, 0.3) is 0 Å². The van der Waals surface area contributed by atoms with Gasteiger partial charge < -0.3 is 9.11 Å². The van der Waals surface area contributed by atoms with E-state index in [1.165, 1.54) is 6.92 Å². The van der Waals surface area contributed by atoms with E-state index in [9.17, 15) is 26.3 Å². The molecule has 0 aliphatic heterocycles. The van der Waals surface area contributed by atoms with Gasteiger partial charge in [-0.25, -0.2) is 16.8 Å². The fraction of sp³-hybridized carbons (Fsp3) is 0.750. The maximum absolute atomic E-state index is 10.7. The van der Waals surface area contributed by atoms with Gasteiger partial charge in [0.15, 0.2) is 20.2 Å². The second kappa shape index (κ2) is 9.36. The second-order valence-corrected chi connectivity index (χ2v) is 4.77. The molecule has 125 valence electrons. The molecule has 0 rings (SSSR count). The maximum Gasteiger partial charge on any atom is 2.00 e. The summed E-state index contributed by atoms with van der Waals surface area (Å²) in [6, 6.07) is 1.75. The molecule has 1 radical (unpaired) electrons. The Hall–Kier alpha value is -0.591. The summed E-state index contributed by atoms with van der Waals surface area (Å²) in [7, 11) is -12.2. The van der Waals surface area contributed by atoms with Crippen LogP contribution in [0, 0.1) is 11.3 Å². The van der Waals surface area contributed by atoms with Crippen molar-refractivity contribution < 1.29 is 69.4 Å². The van der Waals surface area contributed by atoms with Gasteiger partial charge in [0.1, 0.15) is 0 Å². The Morgan fingerprint density at radius 2 is 0.900 bits per heavy atom. The molecular weight excluding hydrogens is 400 g/mol. The maximum atomic E-state index is 10.7. The predicted octanol–water partition coefficient (Wildman–Crippen LogP) is 0.630. The fourth-order valence-corrected chi connectivity index (χ4v) is 0. The van der Waals surface area contributed by atoms with Crippen LogP contribution in [-0.4, -0.2) is 37.0 Å². The third kappa shape index (κ3) is 15.5. The van der Waals surface area contributed by atoms with Crippen LogP contribution in [0.2, 0.25) is 0 Å².